The van der Waals surface area contributed by atoms with Crippen LogP contribution in [0.15, 0.2) is 17.0 Å². The van der Waals surface area contributed by atoms with E-state index in [0.717, 1.165) is 16.7 Å². The number of aliphatic hydroxyl groups is 1. The highest BCUT2D eigenvalue weighted by Crippen LogP contribution is 2.21. The Hall–Kier alpha value is -0.870. The summed E-state index contributed by atoms with van der Waals surface area (Å²) in [6.07, 6.45) is 0.286. The second-order valence-corrected chi connectivity index (χ2v) is 6.18. The molecular weight excluding hydrogens is 224 g/mol. The molecule has 0 bridgehead atoms. The number of sulfone groups is 1. The molecule has 0 spiro atoms. The van der Waals surface area contributed by atoms with Crippen LogP contribution in [-0.2, 0) is 9.84 Å². The molecule has 90 valence electrons. The van der Waals surface area contributed by atoms with Crippen LogP contribution in [-0.4, -0.2) is 25.9 Å². The van der Waals surface area contributed by atoms with Gasteiger partial charge in [0.2, 0.25) is 0 Å². The molecule has 0 heterocycles. The highest BCUT2D eigenvalue weighted by molar-refractivity contribution is 7.91. The number of aliphatic hydroxyl groups excluding tert-OH is 1. The van der Waals surface area contributed by atoms with E-state index in [1.54, 1.807) is 13.0 Å². The minimum atomic E-state index is -3.25. The first-order valence-corrected chi connectivity index (χ1v) is 6.95. The van der Waals surface area contributed by atoms with Gasteiger partial charge in [-0.25, -0.2) is 8.42 Å². The number of hydrogen-bond acceptors (Lipinski definition) is 3. The maximum absolute atomic E-state index is 12.0. The molecule has 0 saturated heterocycles. The van der Waals surface area contributed by atoms with Gasteiger partial charge in [0.05, 0.1) is 10.6 Å². The lowest BCUT2D eigenvalue weighted by atomic mass is 10.1. The van der Waals surface area contributed by atoms with Crippen LogP contribution in [0.4, 0.5) is 0 Å². The van der Waals surface area contributed by atoms with Gasteiger partial charge < -0.3 is 5.11 Å². The fraction of sp³-hybridized carbons (Fsp3) is 0.500. The van der Waals surface area contributed by atoms with E-state index in [-0.39, 0.29) is 18.8 Å². The molecule has 0 fully saturated rings. The van der Waals surface area contributed by atoms with Crippen molar-refractivity contribution in [3.63, 3.8) is 0 Å². The van der Waals surface area contributed by atoms with Crippen molar-refractivity contribution < 1.29 is 13.5 Å². The molecule has 0 aliphatic heterocycles. The van der Waals surface area contributed by atoms with E-state index < -0.39 is 9.84 Å². The first kappa shape index (κ1) is 13.2. The molecule has 0 aromatic heterocycles. The second-order valence-electron chi connectivity index (χ2n) is 4.10. The van der Waals surface area contributed by atoms with Crippen LogP contribution in [0.25, 0.3) is 0 Å². The molecule has 16 heavy (non-hydrogen) atoms. The summed E-state index contributed by atoms with van der Waals surface area (Å²) in [4.78, 5) is 0.393. The monoisotopic (exact) mass is 242 g/mol. The average molecular weight is 242 g/mol. The van der Waals surface area contributed by atoms with Crippen LogP contribution in [0.1, 0.15) is 23.1 Å². The number of benzene rings is 1. The third kappa shape index (κ3) is 2.83. The maximum Gasteiger partial charge on any atom is 0.178 e. The molecule has 3 nitrogen and oxygen atoms in total. The first-order valence-electron chi connectivity index (χ1n) is 5.30. The number of aryl methyl sites for hydroxylation is 3. The Morgan fingerprint density at radius 2 is 1.62 bits per heavy atom. The van der Waals surface area contributed by atoms with Crippen molar-refractivity contribution in [3.05, 3.63) is 28.8 Å². The Labute approximate surface area is 97.0 Å². The highest BCUT2D eigenvalue weighted by Gasteiger charge is 2.17. The molecular formula is C12H18O3S. The zero-order chi connectivity index (χ0) is 12.3. The smallest absolute Gasteiger partial charge is 0.178 e. The minimum Gasteiger partial charge on any atom is -0.396 e. The Bertz CT molecular complexity index is 475. The van der Waals surface area contributed by atoms with E-state index >= 15 is 0 Å². The molecule has 0 saturated carbocycles. The van der Waals surface area contributed by atoms with Gasteiger partial charge in [0.25, 0.3) is 0 Å². The van der Waals surface area contributed by atoms with Gasteiger partial charge in [-0.15, -0.1) is 0 Å². The maximum atomic E-state index is 12.0. The summed E-state index contributed by atoms with van der Waals surface area (Å²) >= 11 is 0. The molecule has 1 aromatic rings. The summed E-state index contributed by atoms with van der Waals surface area (Å²) in [5.41, 5.74) is 2.85. The molecule has 0 atom stereocenters. The standard InChI is InChI=1S/C12H18O3S/c1-9-7-11(3)12(8-10(9)2)16(14,15)6-4-5-13/h7-8,13H,4-6H2,1-3H3. The first-order chi connectivity index (χ1) is 7.38. The van der Waals surface area contributed by atoms with Crippen LogP contribution in [0, 0.1) is 20.8 Å². The summed E-state index contributed by atoms with van der Waals surface area (Å²) in [5.74, 6) is 0.00679. The Morgan fingerprint density at radius 3 is 2.19 bits per heavy atom. The quantitative estimate of drug-likeness (QED) is 0.875. The van der Waals surface area contributed by atoms with E-state index in [1.165, 1.54) is 0 Å². The van der Waals surface area contributed by atoms with Crippen molar-refractivity contribution in [1.29, 1.82) is 0 Å². The van der Waals surface area contributed by atoms with Gasteiger partial charge in [0.1, 0.15) is 0 Å². The van der Waals surface area contributed by atoms with Crippen LogP contribution < -0.4 is 0 Å². The van der Waals surface area contributed by atoms with Crippen molar-refractivity contribution in [1.82, 2.24) is 0 Å². The van der Waals surface area contributed by atoms with Crippen molar-refractivity contribution in [2.45, 2.75) is 32.1 Å². The van der Waals surface area contributed by atoms with Crippen LogP contribution in [0.2, 0.25) is 0 Å². The van der Waals surface area contributed by atoms with E-state index in [9.17, 15) is 8.42 Å². The number of hydrogen-bond donors (Lipinski definition) is 1. The Balaban J connectivity index is 3.18. The third-order valence-corrected chi connectivity index (χ3v) is 4.63. The van der Waals surface area contributed by atoms with Gasteiger partial charge in [-0.2, -0.15) is 0 Å². The molecule has 0 unspecified atom stereocenters. The predicted molar refractivity (Wildman–Crippen MR) is 64.4 cm³/mol. The Morgan fingerprint density at radius 1 is 1.06 bits per heavy atom. The van der Waals surface area contributed by atoms with E-state index in [0.29, 0.717) is 4.90 Å². The lowest BCUT2D eigenvalue weighted by Crippen LogP contribution is -2.10. The van der Waals surface area contributed by atoms with Crippen LogP contribution in [0.3, 0.4) is 0 Å². The zero-order valence-electron chi connectivity index (χ0n) is 9.95. The fourth-order valence-electron chi connectivity index (χ4n) is 1.63. The molecule has 1 aromatic carbocycles. The van der Waals surface area contributed by atoms with Gasteiger partial charge >= 0.3 is 0 Å². The molecule has 0 aliphatic rings. The molecule has 4 heteroatoms. The molecule has 0 radical (unpaired) electrons. The summed E-state index contributed by atoms with van der Waals surface area (Å²) in [5, 5.41) is 8.68. The zero-order valence-corrected chi connectivity index (χ0v) is 10.8. The lowest BCUT2D eigenvalue weighted by molar-refractivity contribution is 0.295. The lowest BCUT2D eigenvalue weighted by Gasteiger charge is -2.10. The third-order valence-electron chi connectivity index (χ3n) is 2.70. The normalized spacial score (nSPS) is 11.8. The van der Waals surface area contributed by atoms with Crippen molar-refractivity contribution >= 4 is 9.84 Å². The largest absolute Gasteiger partial charge is 0.396 e. The van der Waals surface area contributed by atoms with E-state index in [2.05, 4.69) is 0 Å². The fourth-order valence-corrected chi connectivity index (χ4v) is 3.27. The van der Waals surface area contributed by atoms with E-state index in [1.807, 2.05) is 19.9 Å². The molecule has 0 amide bonds. The van der Waals surface area contributed by atoms with Crippen LogP contribution in [0.5, 0.6) is 0 Å². The SMILES string of the molecule is Cc1cc(C)c(S(=O)(=O)CCCO)cc1C. The van der Waals surface area contributed by atoms with Crippen LogP contribution >= 0.6 is 0 Å². The summed E-state index contributed by atoms with van der Waals surface area (Å²) in [7, 11) is -3.25. The van der Waals surface area contributed by atoms with Crippen molar-refractivity contribution in [2.75, 3.05) is 12.4 Å². The molecule has 1 rings (SSSR count). The Kier molecular flexibility index (Phi) is 4.10. The molecule has 1 N–H and O–H groups in total. The molecule has 0 aliphatic carbocycles. The van der Waals surface area contributed by atoms with Gasteiger partial charge in [-0.05, 0) is 49.9 Å². The van der Waals surface area contributed by atoms with Crippen molar-refractivity contribution in [3.8, 4) is 0 Å². The summed E-state index contributed by atoms with van der Waals surface area (Å²) < 4.78 is 23.9. The summed E-state index contributed by atoms with van der Waals surface area (Å²) in [6.45, 7) is 5.58. The number of rotatable bonds is 4. The van der Waals surface area contributed by atoms with Gasteiger partial charge in [-0.1, -0.05) is 6.07 Å². The average Bonchev–Trinajstić information content (AvgIpc) is 2.20. The van der Waals surface area contributed by atoms with Gasteiger partial charge in [0.15, 0.2) is 9.84 Å². The summed E-state index contributed by atoms with van der Waals surface area (Å²) in [6, 6.07) is 3.61. The topological polar surface area (TPSA) is 54.4 Å². The van der Waals surface area contributed by atoms with Crippen molar-refractivity contribution in [2.24, 2.45) is 0 Å². The van der Waals surface area contributed by atoms with Gasteiger partial charge in [0, 0.05) is 6.61 Å². The highest BCUT2D eigenvalue weighted by atomic mass is 32.2. The predicted octanol–water partition coefficient (Wildman–Crippen LogP) is 1.77. The van der Waals surface area contributed by atoms with E-state index in [4.69, 9.17) is 5.11 Å². The van der Waals surface area contributed by atoms with Gasteiger partial charge in [-0.3, -0.25) is 0 Å². The second kappa shape index (κ2) is 4.97. The minimum absolute atomic E-state index is 0.00679.